The lowest BCUT2D eigenvalue weighted by Crippen LogP contribution is -2.28. The summed E-state index contributed by atoms with van der Waals surface area (Å²) in [5.41, 5.74) is 3.17. The fraction of sp³-hybridized carbons (Fsp3) is 0.160. The summed E-state index contributed by atoms with van der Waals surface area (Å²) in [4.78, 5) is 33.3. The number of thiazole rings is 1. The van der Waals surface area contributed by atoms with Gasteiger partial charge < -0.3 is 9.84 Å². The van der Waals surface area contributed by atoms with Gasteiger partial charge in [-0.05, 0) is 66.8 Å². The third kappa shape index (κ3) is 3.51. The van der Waals surface area contributed by atoms with Crippen LogP contribution in [0.2, 0.25) is 0 Å². The van der Waals surface area contributed by atoms with Crippen LogP contribution in [0.4, 0.5) is 5.13 Å². The molecular weight excluding hydrogens is 456 g/mol. The number of aromatic nitrogens is 1. The van der Waals surface area contributed by atoms with Gasteiger partial charge in [0.1, 0.15) is 17.6 Å². The maximum Gasteiger partial charge on any atom is 0.301 e. The summed E-state index contributed by atoms with van der Waals surface area (Å²) in [6.45, 7) is 3.85. The number of thiophene rings is 1. The van der Waals surface area contributed by atoms with Crippen LogP contribution in [0.5, 0.6) is 5.75 Å². The smallest absolute Gasteiger partial charge is 0.301 e. The Balaban J connectivity index is 1.70. The molecule has 1 amide bonds. The lowest BCUT2D eigenvalue weighted by Gasteiger charge is -2.21. The van der Waals surface area contributed by atoms with E-state index >= 15 is 0 Å². The zero-order valence-electron chi connectivity index (χ0n) is 18.2. The number of benzene rings is 2. The fourth-order valence-corrected chi connectivity index (χ4v) is 5.96. The van der Waals surface area contributed by atoms with Crippen molar-refractivity contribution in [2.24, 2.45) is 0 Å². The van der Waals surface area contributed by atoms with E-state index in [1.807, 2.05) is 49.6 Å². The van der Waals surface area contributed by atoms with Crippen molar-refractivity contribution in [1.82, 2.24) is 4.98 Å². The number of methoxy groups -OCH3 is 1. The van der Waals surface area contributed by atoms with E-state index in [9.17, 15) is 14.7 Å². The average Bonchev–Trinajstić information content (AvgIpc) is 3.52. The molecule has 2 aromatic carbocycles. The quantitative estimate of drug-likeness (QED) is 0.235. The molecule has 0 unspecified atom stereocenters. The number of Topliss-reactive ketones (excluding diaryl/α,β-unsaturated/α-hetero) is 1. The maximum absolute atomic E-state index is 13.3. The van der Waals surface area contributed by atoms with Crippen molar-refractivity contribution in [2.45, 2.75) is 19.9 Å². The van der Waals surface area contributed by atoms with Gasteiger partial charge in [0.15, 0.2) is 5.13 Å². The number of anilines is 1. The van der Waals surface area contributed by atoms with E-state index in [1.165, 1.54) is 27.6 Å². The minimum atomic E-state index is -0.755. The first-order chi connectivity index (χ1) is 15.9. The first kappa shape index (κ1) is 21.4. The molecule has 1 saturated heterocycles. The average molecular weight is 477 g/mol. The Kier molecular flexibility index (Phi) is 5.26. The molecule has 1 atom stereocenters. The standard InChI is InChI=1S/C25H20N2O4S2/c1-13-6-8-16-19(11-13)33-25(26-16)27-21(18-5-4-10-32-18)20(23(29)24(27)30)22(28)15-7-9-17(31-3)14(2)12-15/h4-12,21,28H,1-3H3/t21-/m1/s1. The normalized spacial score (nSPS) is 17.8. The number of aliphatic hydroxyl groups excluding tert-OH is 1. The number of aliphatic hydroxyl groups is 1. The second-order valence-corrected chi connectivity index (χ2v) is 9.82. The van der Waals surface area contributed by atoms with Crippen LogP contribution >= 0.6 is 22.7 Å². The Morgan fingerprint density at radius 1 is 1.12 bits per heavy atom. The third-order valence-electron chi connectivity index (χ3n) is 5.66. The summed E-state index contributed by atoms with van der Waals surface area (Å²) in [6.07, 6.45) is 0. The number of nitrogens with zero attached hydrogens (tertiary/aromatic N) is 2. The molecular formula is C25H20N2O4S2. The number of ketones is 1. The Labute approximate surface area is 198 Å². The summed E-state index contributed by atoms with van der Waals surface area (Å²) >= 11 is 2.78. The highest BCUT2D eigenvalue weighted by molar-refractivity contribution is 7.22. The van der Waals surface area contributed by atoms with E-state index in [0.717, 1.165) is 26.2 Å². The summed E-state index contributed by atoms with van der Waals surface area (Å²) < 4.78 is 6.24. The lowest BCUT2D eigenvalue weighted by molar-refractivity contribution is -0.132. The van der Waals surface area contributed by atoms with Gasteiger partial charge >= 0.3 is 5.91 Å². The van der Waals surface area contributed by atoms with Gasteiger partial charge in [-0.2, -0.15) is 0 Å². The van der Waals surface area contributed by atoms with Gasteiger partial charge in [-0.3, -0.25) is 14.5 Å². The van der Waals surface area contributed by atoms with E-state index in [1.54, 1.807) is 25.3 Å². The number of carbonyl (C=O) groups is 2. The molecule has 4 aromatic rings. The van der Waals surface area contributed by atoms with Crippen molar-refractivity contribution in [1.29, 1.82) is 0 Å². The monoisotopic (exact) mass is 476 g/mol. The van der Waals surface area contributed by atoms with Crippen molar-refractivity contribution in [3.8, 4) is 5.75 Å². The minimum Gasteiger partial charge on any atom is -0.507 e. The first-order valence-electron chi connectivity index (χ1n) is 10.3. The number of hydrogen-bond acceptors (Lipinski definition) is 7. The van der Waals surface area contributed by atoms with Crippen LogP contribution in [0.25, 0.3) is 16.0 Å². The highest BCUT2D eigenvalue weighted by atomic mass is 32.1. The summed E-state index contributed by atoms with van der Waals surface area (Å²) in [7, 11) is 1.57. The van der Waals surface area contributed by atoms with E-state index in [0.29, 0.717) is 16.4 Å². The molecule has 1 aliphatic rings. The Bertz CT molecular complexity index is 1440. The number of rotatable bonds is 4. The predicted molar refractivity (Wildman–Crippen MR) is 131 cm³/mol. The van der Waals surface area contributed by atoms with Crippen LogP contribution in [-0.4, -0.2) is 28.9 Å². The SMILES string of the molecule is COc1ccc(C(O)=C2C(=O)C(=O)N(c3nc4ccc(C)cc4s3)[C@@H]2c2cccs2)cc1C. The van der Waals surface area contributed by atoms with Crippen LogP contribution < -0.4 is 9.64 Å². The molecule has 1 N–H and O–H groups in total. The summed E-state index contributed by atoms with van der Waals surface area (Å²) in [5, 5.41) is 13.5. The summed E-state index contributed by atoms with van der Waals surface area (Å²) in [5.74, 6) is -0.964. The van der Waals surface area contributed by atoms with Crippen LogP contribution in [0.3, 0.4) is 0 Å². The molecule has 33 heavy (non-hydrogen) atoms. The Morgan fingerprint density at radius 3 is 2.64 bits per heavy atom. The van der Waals surface area contributed by atoms with Crippen molar-refractivity contribution in [3.05, 3.63) is 81.1 Å². The van der Waals surface area contributed by atoms with E-state index in [-0.39, 0.29) is 11.3 Å². The minimum absolute atomic E-state index is 0.0578. The van der Waals surface area contributed by atoms with Gasteiger partial charge in [0.25, 0.3) is 5.78 Å². The van der Waals surface area contributed by atoms with E-state index in [4.69, 9.17) is 4.74 Å². The number of fused-ring (bicyclic) bond motifs is 1. The van der Waals surface area contributed by atoms with Crippen LogP contribution in [0, 0.1) is 13.8 Å². The summed E-state index contributed by atoms with van der Waals surface area (Å²) in [6, 6.07) is 14.0. The predicted octanol–water partition coefficient (Wildman–Crippen LogP) is 5.61. The van der Waals surface area contributed by atoms with Gasteiger partial charge in [-0.25, -0.2) is 4.98 Å². The third-order valence-corrected chi connectivity index (χ3v) is 7.61. The second-order valence-electron chi connectivity index (χ2n) is 7.84. The van der Waals surface area contributed by atoms with Gasteiger partial charge in [0, 0.05) is 10.4 Å². The molecule has 3 heterocycles. The zero-order valence-corrected chi connectivity index (χ0v) is 19.8. The molecule has 2 aromatic heterocycles. The largest absolute Gasteiger partial charge is 0.507 e. The fourth-order valence-electron chi connectivity index (χ4n) is 4.05. The number of aryl methyl sites for hydroxylation is 2. The maximum atomic E-state index is 13.3. The first-order valence-corrected chi connectivity index (χ1v) is 11.9. The molecule has 6 nitrogen and oxygen atoms in total. The molecule has 0 radical (unpaired) electrons. The van der Waals surface area contributed by atoms with Gasteiger partial charge in [0.2, 0.25) is 0 Å². The molecule has 166 valence electrons. The Hall–Kier alpha value is -3.49. The van der Waals surface area contributed by atoms with Crippen LogP contribution in [-0.2, 0) is 9.59 Å². The zero-order chi connectivity index (χ0) is 23.3. The van der Waals surface area contributed by atoms with Crippen molar-refractivity contribution < 1.29 is 19.4 Å². The molecule has 0 spiro atoms. The molecule has 1 fully saturated rings. The lowest BCUT2D eigenvalue weighted by atomic mass is 9.99. The molecule has 0 bridgehead atoms. The second kappa shape index (κ2) is 8.13. The van der Waals surface area contributed by atoms with E-state index in [2.05, 4.69) is 4.98 Å². The van der Waals surface area contributed by atoms with E-state index < -0.39 is 17.7 Å². The number of amides is 1. The molecule has 8 heteroatoms. The topological polar surface area (TPSA) is 79.7 Å². The van der Waals surface area contributed by atoms with Crippen molar-refractivity contribution in [3.63, 3.8) is 0 Å². The van der Waals surface area contributed by atoms with Crippen molar-refractivity contribution in [2.75, 3.05) is 12.0 Å². The number of hydrogen-bond donors (Lipinski definition) is 1. The van der Waals surface area contributed by atoms with Crippen LogP contribution in [0.1, 0.15) is 27.6 Å². The Morgan fingerprint density at radius 2 is 1.94 bits per heavy atom. The highest BCUT2D eigenvalue weighted by Crippen LogP contribution is 2.45. The molecule has 1 aliphatic heterocycles. The number of carbonyl (C=O) groups excluding carboxylic acids is 2. The van der Waals surface area contributed by atoms with Gasteiger partial charge in [-0.1, -0.05) is 23.5 Å². The number of ether oxygens (including phenoxy) is 1. The molecule has 0 saturated carbocycles. The van der Waals surface area contributed by atoms with Crippen molar-refractivity contribution >= 4 is 55.5 Å². The van der Waals surface area contributed by atoms with Gasteiger partial charge in [-0.15, -0.1) is 11.3 Å². The highest BCUT2D eigenvalue weighted by Gasteiger charge is 2.48. The molecule has 0 aliphatic carbocycles. The molecule has 5 rings (SSSR count). The van der Waals surface area contributed by atoms with Crippen LogP contribution in [0.15, 0.2) is 59.5 Å². The van der Waals surface area contributed by atoms with Gasteiger partial charge in [0.05, 0.1) is 22.9 Å².